The summed E-state index contributed by atoms with van der Waals surface area (Å²) in [5, 5.41) is 13.7. The van der Waals surface area contributed by atoms with Crippen LogP contribution < -0.4 is 16.4 Å². The second kappa shape index (κ2) is 8.11. The molecule has 1 aromatic carbocycles. The number of carbonyl (C=O) groups excluding carboxylic acids is 2. The van der Waals surface area contributed by atoms with Crippen molar-refractivity contribution in [3.8, 4) is 0 Å². The number of thioether (sulfide) groups is 1. The Bertz CT molecular complexity index is 732. The molecule has 0 aliphatic rings. The quantitative estimate of drug-likeness (QED) is 0.679. The van der Waals surface area contributed by atoms with Gasteiger partial charge in [-0.15, -0.1) is 10.2 Å². The van der Waals surface area contributed by atoms with E-state index < -0.39 is 17.2 Å². The van der Waals surface area contributed by atoms with Crippen LogP contribution in [0, 0.1) is 12.8 Å². The number of nitrogens with one attached hydrogen (secondary N) is 2. The van der Waals surface area contributed by atoms with Gasteiger partial charge in [-0.3, -0.25) is 10.1 Å². The third-order valence-corrected chi connectivity index (χ3v) is 5.60. The number of aryl methyl sites for hydroxylation is 1. The number of aromatic nitrogens is 2. The Labute approximate surface area is 148 Å². The number of primary amides is 1. The lowest BCUT2D eigenvalue weighted by atomic mass is 10.1. The smallest absolute Gasteiger partial charge is 0.318 e. The predicted octanol–water partition coefficient (Wildman–Crippen LogP) is 2.90. The number of nitrogens with two attached hydrogens (primary N) is 1. The van der Waals surface area contributed by atoms with Crippen molar-refractivity contribution in [3.63, 3.8) is 0 Å². The molecule has 0 radical (unpaired) electrons. The van der Waals surface area contributed by atoms with Gasteiger partial charge >= 0.3 is 6.03 Å². The van der Waals surface area contributed by atoms with Crippen molar-refractivity contribution in [2.45, 2.75) is 30.4 Å². The molecule has 0 fully saturated rings. The monoisotopic (exact) mass is 365 g/mol. The molecule has 1 atom stereocenters. The van der Waals surface area contributed by atoms with Crippen molar-refractivity contribution in [3.05, 3.63) is 29.8 Å². The molecule has 3 amide bonds. The molecule has 2 rings (SSSR count). The summed E-state index contributed by atoms with van der Waals surface area (Å²) in [7, 11) is 0. The van der Waals surface area contributed by atoms with Gasteiger partial charge < -0.3 is 11.1 Å². The standard InChI is InChI=1S/C15H19N5O2S2/c1-8(2)11(12(21)18-13(16)22)23-15-20-19-14(24-15)17-10-7-5-4-6-9(10)3/h4-8,11H,1-3H3,(H,17,19)(H3,16,18,21,22)/t11-/m1/s1. The van der Waals surface area contributed by atoms with Gasteiger partial charge in [0, 0.05) is 5.69 Å². The Morgan fingerprint density at radius 1 is 1.25 bits per heavy atom. The number of rotatable bonds is 6. The van der Waals surface area contributed by atoms with Crippen LogP contribution in [0.25, 0.3) is 0 Å². The third-order valence-electron chi connectivity index (χ3n) is 3.13. The molecule has 0 saturated heterocycles. The SMILES string of the molecule is Cc1ccccc1Nc1nnc(S[C@@H](C(=O)NC(N)=O)C(C)C)s1. The van der Waals surface area contributed by atoms with Gasteiger partial charge in [0.15, 0.2) is 4.34 Å². The van der Waals surface area contributed by atoms with E-state index in [9.17, 15) is 9.59 Å². The summed E-state index contributed by atoms with van der Waals surface area (Å²) >= 11 is 2.62. The normalized spacial score (nSPS) is 12.0. The van der Waals surface area contributed by atoms with Crippen LogP contribution in [0.15, 0.2) is 28.6 Å². The first-order chi connectivity index (χ1) is 11.4. The molecule has 1 heterocycles. The van der Waals surface area contributed by atoms with E-state index in [1.807, 2.05) is 45.0 Å². The van der Waals surface area contributed by atoms with E-state index in [0.717, 1.165) is 11.3 Å². The average molecular weight is 365 g/mol. The van der Waals surface area contributed by atoms with Gasteiger partial charge in [0.2, 0.25) is 11.0 Å². The topological polar surface area (TPSA) is 110 Å². The van der Waals surface area contributed by atoms with Gasteiger partial charge in [-0.25, -0.2) is 4.79 Å². The van der Waals surface area contributed by atoms with E-state index in [0.29, 0.717) is 9.47 Å². The summed E-state index contributed by atoms with van der Waals surface area (Å²) in [4.78, 5) is 22.9. The fourth-order valence-corrected chi connectivity index (χ4v) is 3.90. The van der Waals surface area contributed by atoms with E-state index >= 15 is 0 Å². The van der Waals surface area contributed by atoms with Crippen molar-refractivity contribution in [2.24, 2.45) is 11.7 Å². The highest BCUT2D eigenvalue weighted by molar-refractivity contribution is 8.02. The van der Waals surface area contributed by atoms with Crippen molar-refractivity contribution < 1.29 is 9.59 Å². The zero-order valence-electron chi connectivity index (χ0n) is 13.6. The lowest BCUT2D eigenvalue weighted by Gasteiger charge is -2.16. The van der Waals surface area contributed by atoms with Gasteiger partial charge in [0.1, 0.15) is 0 Å². The Morgan fingerprint density at radius 3 is 2.58 bits per heavy atom. The molecule has 0 aliphatic carbocycles. The lowest BCUT2D eigenvalue weighted by molar-refractivity contribution is -0.120. The maximum absolute atomic E-state index is 12.0. The van der Waals surface area contributed by atoms with E-state index in [1.54, 1.807) is 0 Å². The minimum absolute atomic E-state index is 0.00558. The minimum Gasteiger partial charge on any atom is -0.351 e. The van der Waals surface area contributed by atoms with Gasteiger partial charge in [0.25, 0.3) is 0 Å². The van der Waals surface area contributed by atoms with Crippen LogP contribution in [0.1, 0.15) is 19.4 Å². The van der Waals surface area contributed by atoms with Crippen LogP contribution >= 0.6 is 23.1 Å². The third kappa shape index (κ3) is 4.93. The molecular weight excluding hydrogens is 346 g/mol. The number of para-hydroxylation sites is 1. The molecule has 4 N–H and O–H groups in total. The van der Waals surface area contributed by atoms with E-state index in [4.69, 9.17) is 5.73 Å². The van der Waals surface area contributed by atoms with E-state index in [2.05, 4.69) is 20.8 Å². The second-order valence-corrected chi connectivity index (χ2v) is 7.82. The Hall–Kier alpha value is -2.13. The number of benzene rings is 1. The molecule has 2 aromatic rings. The van der Waals surface area contributed by atoms with Crippen LogP contribution in [0.3, 0.4) is 0 Å². The van der Waals surface area contributed by atoms with Crippen molar-refractivity contribution >= 4 is 45.9 Å². The fraction of sp³-hybridized carbons (Fsp3) is 0.333. The Morgan fingerprint density at radius 2 is 1.96 bits per heavy atom. The van der Waals surface area contributed by atoms with E-state index in [-0.39, 0.29) is 5.92 Å². The number of urea groups is 1. The maximum Gasteiger partial charge on any atom is 0.318 e. The van der Waals surface area contributed by atoms with E-state index in [1.165, 1.54) is 23.1 Å². The van der Waals surface area contributed by atoms with Gasteiger partial charge in [-0.05, 0) is 24.5 Å². The number of carbonyl (C=O) groups is 2. The second-order valence-electron chi connectivity index (χ2n) is 5.45. The number of hydrogen-bond donors (Lipinski definition) is 3. The summed E-state index contributed by atoms with van der Waals surface area (Å²) in [6, 6.07) is 7.01. The first kappa shape index (κ1) is 18.2. The molecule has 0 unspecified atom stereocenters. The zero-order chi connectivity index (χ0) is 17.7. The Kier molecular flexibility index (Phi) is 6.16. The lowest BCUT2D eigenvalue weighted by Crippen LogP contribution is -2.42. The molecule has 0 spiro atoms. The molecule has 0 saturated carbocycles. The highest BCUT2D eigenvalue weighted by atomic mass is 32.2. The first-order valence-corrected chi connectivity index (χ1v) is 8.99. The summed E-state index contributed by atoms with van der Waals surface area (Å²) < 4.78 is 0.643. The van der Waals surface area contributed by atoms with Crippen molar-refractivity contribution in [1.82, 2.24) is 15.5 Å². The van der Waals surface area contributed by atoms with Gasteiger partial charge in [0.05, 0.1) is 5.25 Å². The molecule has 7 nitrogen and oxygen atoms in total. The van der Waals surface area contributed by atoms with Crippen molar-refractivity contribution in [1.29, 1.82) is 0 Å². The van der Waals surface area contributed by atoms with Crippen molar-refractivity contribution in [2.75, 3.05) is 5.32 Å². The number of amides is 3. The highest BCUT2D eigenvalue weighted by Crippen LogP contribution is 2.33. The molecule has 24 heavy (non-hydrogen) atoms. The van der Waals surface area contributed by atoms with Crippen LogP contribution in [-0.2, 0) is 4.79 Å². The van der Waals surface area contributed by atoms with Crippen LogP contribution in [-0.4, -0.2) is 27.4 Å². The molecule has 128 valence electrons. The van der Waals surface area contributed by atoms with Crippen LogP contribution in [0.4, 0.5) is 15.6 Å². The van der Waals surface area contributed by atoms with Crippen LogP contribution in [0.2, 0.25) is 0 Å². The highest BCUT2D eigenvalue weighted by Gasteiger charge is 2.26. The summed E-state index contributed by atoms with van der Waals surface area (Å²) in [5.74, 6) is -0.419. The number of nitrogens with zero attached hydrogens (tertiary/aromatic N) is 2. The maximum atomic E-state index is 12.0. The molecule has 0 aliphatic heterocycles. The predicted molar refractivity (Wildman–Crippen MR) is 96.6 cm³/mol. The van der Waals surface area contributed by atoms with Crippen LogP contribution in [0.5, 0.6) is 0 Å². The number of anilines is 2. The fourth-order valence-electron chi connectivity index (χ4n) is 1.93. The van der Waals surface area contributed by atoms with Gasteiger partial charge in [-0.1, -0.05) is 55.1 Å². The molecule has 0 bridgehead atoms. The molecular formula is C15H19N5O2S2. The summed E-state index contributed by atoms with van der Waals surface area (Å²) in [5.41, 5.74) is 7.07. The Balaban J connectivity index is 2.07. The summed E-state index contributed by atoms with van der Waals surface area (Å²) in [6.07, 6.45) is 0. The number of hydrogen-bond acceptors (Lipinski definition) is 7. The summed E-state index contributed by atoms with van der Waals surface area (Å²) in [6.45, 7) is 5.79. The first-order valence-electron chi connectivity index (χ1n) is 7.30. The van der Waals surface area contributed by atoms with Gasteiger partial charge in [-0.2, -0.15) is 0 Å². The number of imide groups is 1. The largest absolute Gasteiger partial charge is 0.351 e. The zero-order valence-corrected chi connectivity index (χ0v) is 15.2. The average Bonchev–Trinajstić information content (AvgIpc) is 2.93. The molecule has 1 aromatic heterocycles. The minimum atomic E-state index is -0.856. The molecule has 9 heteroatoms.